The second-order valence-electron chi connectivity index (χ2n) is 6.51. The molecule has 0 aliphatic heterocycles. The van der Waals surface area contributed by atoms with Gasteiger partial charge in [0.15, 0.2) is 0 Å². The van der Waals surface area contributed by atoms with Crippen molar-refractivity contribution < 1.29 is 5.48 Å². The smallest absolute Gasteiger partial charge is 0.0409 e. The molecule has 96 valence electrons. The van der Waals surface area contributed by atoms with Gasteiger partial charge in [-0.05, 0) is 42.9 Å². The zero-order valence-electron chi connectivity index (χ0n) is 11.2. The van der Waals surface area contributed by atoms with Gasteiger partial charge in [0.2, 0.25) is 0 Å². The number of hydrogen-bond acceptors (Lipinski definition) is 0. The lowest BCUT2D eigenvalue weighted by Crippen LogP contribution is -2.20. The van der Waals surface area contributed by atoms with Gasteiger partial charge in [-0.1, -0.05) is 52.4 Å². The van der Waals surface area contributed by atoms with Crippen LogP contribution >= 0.6 is 0 Å². The van der Waals surface area contributed by atoms with Gasteiger partial charge in [-0.15, -0.1) is 0 Å². The van der Waals surface area contributed by atoms with E-state index in [1.54, 1.807) is 6.42 Å². The maximum Gasteiger partial charge on any atom is -0.0409 e. The Kier molecular flexibility index (Phi) is 5.82. The van der Waals surface area contributed by atoms with Crippen LogP contribution in [0.15, 0.2) is 0 Å². The highest BCUT2D eigenvalue weighted by Crippen LogP contribution is 2.38. The Bertz CT molecular complexity index is 170. The molecule has 0 aromatic carbocycles. The second kappa shape index (κ2) is 6.64. The predicted octanol–water partition coefficient (Wildman–Crippen LogP) is 4.20. The summed E-state index contributed by atoms with van der Waals surface area (Å²) in [4.78, 5) is 0. The van der Waals surface area contributed by atoms with E-state index in [1.165, 1.54) is 51.4 Å². The Morgan fingerprint density at radius 3 is 1.56 bits per heavy atom. The minimum absolute atomic E-state index is 0. The van der Waals surface area contributed by atoms with E-state index in [0.29, 0.717) is 0 Å². The largest absolute Gasteiger partial charge is 0.412 e. The van der Waals surface area contributed by atoms with Gasteiger partial charge in [-0.25, -0.2) is 0 Å². The van der Waals surface area contributed by atoms with Gasteiger partial charge in [0.05, 0.1) is 0 Å². The molecule has 0 aromatic heterocycles. The van der Waals surface area contributed by atoms with Crippen molar-refractivity contribution in [2.75, 3.05) is 0 Å². The standard InChI is InChI=1S/C15H28.H2O/c1-12-5-3-7-14(9-12)11-15-8-4-6-13(2)10-15;/h12-15H,3-11H2,1-2H3;1H2. The van der Waals surface area contributed by atoms with Crippen LogP contribution in [0.3, 0.4) is 0 Å². The summed E-state index contributed by atoms with van der Waals surface area (Å²) in [5.74, 6) is 4.21. The van der Waals surface area contributed by atoms with E-state index in [2.05, 4.69) is 13.8 Å². The predicted molar refractivity (Wildman–Crippen MR) is 70.5 cm³/mol. The molecule has 2 aliphatic carbocycles. The molecule has 1 heteroatoms. The van der Waals surface area contributed by atoms with Gasteiger partial charge in [-0.3, -0.25) is 0 Å². The van der Waals surface area contributed by atoms with E-state index >= 15 is 0 Å². The first-order chi connectivity index (χ1) is 7.24. The highest BCUT2D eigenvalue weighted by molar-refractivity contribution is 4.77. The molecule has 2 rings (SSSR count). The molecule has 0 aromatic rings. The van der Waals surface area contributed by atoms with Crippen LogP contribution in [0.4, 0.5) is 0 Å². The van der Waals surface area contributed by atoms with E-state index in [4.69, 9.17) is 0 Å². The quantitative estimate of drug-likeness (QED) is 0.675. The first kappa shape index (κ1) is 14.0. The van der Waals surface area contributed by atoms with Crippen LogP contribution in [0.2, 0.25) is 0 Å². The van der Waals surface area contributed by atoms with Crippen molar-refractivity contribution in [1.82, 2.24) is 0 Å². The average Bonchev–Trinajstić information content (AvgIpc) is 2.17. The van der Waals surface area contributed by atoms with Crippen LogP contribution < -0.4 is 0 Å². The summed E-state index contributed by atoms with van der Waals surface area (Å²) < 4.78 is 0. The molecule has 0 radical (unpaired) electrons. The summed E-state index contributed by atoms with van der Waals surface area (Å²) in [7, 11) is 0. The SMILES string of the molecule is CC1CCCC(CC2CCCC(C)C2)C1.O. The van der Waals surface area contributed by atoms with Gasteiger partial charge >= 0.3 is 0 Å². The van der Waals surface area contributed by atoms with E-state index < -0.39 is 0 Å². The fourth-order valence-corrected chi connectivity index (χ4v) is 4.02. The Labute approximate surface area is 101 Å². The third-order valence-corrected chi connectivity index (χ3v) is 4.76. The van der Waals surface area contributed by atoms with Crippen molar-refractivity contribution in [1.29, 1.82) is 0 Å². The molecule has 4 atom stereocenters. The van der Waals surface area contributed by atoms with Gasteiger partial charge in [0, 0.05) is 0 Å². The summed E-state index contributed by atoms with van der Waals surface area (Å²) in [6, 6.07) is 0. The maximum absolute atomic E-state index is 2.45. The average molecular weight is 226 g/mol. The van der Waals surface area contributed by atoms with Crippen LogP contribution in [0.1, 0.15) is 71.6 Å². The molecule has 1 nitrogen and oxygen atoms in total. The lowest BCUT2D eigenvalue weighted by atomic mass is 9.73. The van der Waals surface area contributed by atoms with Crippen molar-refractivity contribution in [2.45, 2.75) is 71.6 Å². The Morgan fingerprint density at radius 1 is 0.750 bits per heavy atom. The molecule has 0 saturated heterocycles. The molecule has 0 bridgehead atoms. The molecular formula is C15H30O. The molecule has 2 N–H and O–H groups in total. The second-order valence-corrected chi connectivity index (χ2v) is 6.51. The highest BCUT2D eigenvalue weighted by Gasteiger charge is 2.25. The van der Waals surface area contributed by atoms with Crippen molar-refractivity contribution in [3.8, 4) is 0 Å². The zero-order chi connectivity index (χ0) is 10.7. The highest BCUT2D eigenvalue weighted by atomic mass is 16.0. The lowest BCUT2D eigenvalue weighted by molar-refractivity contribution is 0.191. The van der Waals surface area contributed by atoms with Gasteiger partial charge in [0.1, 0.15) is 0 Å². The Balaban J connectivity index is 0.00000128. The van der Waals surface area contributed by atoms with Crippen LogP contribution in [0.5, 0.6) is 0 Å². The topological polar surface area (TPSA) is 31.5 Å². The van der Waals surface area contributed by atoms with Gasteiger partial charge in [-0.2, -0.15) is 0 Å². The monoisotopic (exact) mass is 226 g/mol. The molecule has 4 unspecified atom stereocenters. The van der Waals surface area contributed by atoms with Crippen molar-refractivity contribution in [3.63, 3.8) is 0 Å². The van der Waals surface area contributed by atoms with E-state index in [0.717, 1.165) is 23.7 Å². The third kappa shape index (κ3) is 4.08. The minimum atomic E-state index is 0. The van der Waals surface area contributed by atoms with E-state index in [-0.39, 0.29) is 5.48 Å². The summed E-state index contributed by atoms with van der Waals surface area (Å²) >= 11 is 0. The number of hydrogen-bond donors (Lipinski definition) is 0. The molecule has 2 saturated carbocycles. The van der Waals surface area contributed by atoms with E-state index in [9.17, 15) is 0 Å². The molecule has 16 heavy (non-hydrogen) atoms. The Hall–Kier alpha value is -0.0400. The van der Waals surface area contributed by atoms with Crippen molar-refractivity contribution >= 4 is 0 Å². The molecule has 0 amide bonds. The molecule has 0 spiro atoms. The zero-order valence-corrected chi connectivity index (χ0v) is 11.2. The van der Waals surface area contributed by atoms with Gasteiger partial charge < -0.3 is 5.48 Å². The summed E-state index contributed by atoms with van der Waals surface area (Å²) in [6.45, 7) is 4.91. The fraction of sp³-hybridized carbons (Fsp3) is 1.00. The third-order valence-electron chi connectivity index (χ3n) is 4.76. The first-order valence-electron chi connectivity index (χ1n) is 7.24. The summed E-state index contributed by atoms with van der Waals surface area (Å²) in [5.41, 5.74) is 0. The first-order valence-corrected chi connectivity index (χ1v) is 7.24. The van der Waals surface area contributed by atoms with Crippen molar-refractivity contribution in [2.24, 2.45) is 23.7 Å². The fourth-order valence-electron chi connectivity index (χ4n) is 4.02. The molecule has 0 heterocycles. The van der Waals surface area contributed by atoms with Crippen LogP contribution in [0, 0.1) is 23.7 Å². The number of rotatable bonds is 2. The van der Waals surface area contributed by atoms with Crippen LogP contribution in [-0.2, 0) is 0 Å². The summed E-state index contributed by atoms with van der Waals surface area (Å²) in [6.07, 6.45) is 13.7. The lowest BCUT2D eigenvalue weighted by Gasteiger charge is -2.33. The molecule has 2 fully saturated rings. The maximum atomic E-state index is 2.45. The molecule has 2 aliphatic rings. The normalized spacial score (nSPS) is 40.1. The van der Waals surface area contributed by atoms with Crippen LogP contribution in [-0.4, -0.2) is 5.48 Å². The summed E-state index contributed by atoms with van der Waals surface area (Å²) in [5, 5.41) is 0. The van der Waals surface area contributed by atoms with Gasteiger partial charge in [0.25, 0.3) is 0 Å². The van der Waals surface area contributed by atoms with Crippen molar-refractivity contribution in [3.05, 3.63) is 0 Å². The van der Waals surface area contributed by atoms with E-state index in [1.807, 2.05) is 0 Å². The van der Waals surface area contributed by atoms with Crippen LogP contribution in [0.25, 0.3) is 0 Å². The minimum Gasteiger partial charge on any atom is -0.412 e. The Morgan fingerprint density at radius 2 is 1.19 bits per heavy atom. The molecular weight excluding hydrogens is 196 g/mol.